The number of hydrogen-bond donors (Lipinski definition) is 1. The van der Waals surface area contributed by atoms with Gasteiger partial charge in [-0.1, -0.05) is 24.3 Å². The first-order chi connectivity index (χ1) is 13.5. The van der Waals surface area contributed by atoms with Gasteiger partial charge in [-0.3, -0.25) is 4.79 Å². The highest BCUT2D eigenvalue weighted by Crippen LogP contribution is 2.23. The van der Waals surface area contributed by atoms with E-state index in [1.165, 1.54) is 24.5 Å². The van der Waals surface area contributed by atoms with Crippen molar-refractivity contribution in [3.8, 4) is 11.5 Å². The summed E-state index contributed by atoms with van der Waals surface area (Å²) in [6.45, 7) is 1.80. The second-order valence-corrected chi connectivity index (χ2v) is 5.96. The Hall–Kier alpha value is -3.61. The third-order valence-electron chi connectivity index (χ3n) is 3.89. The van der Waals surface area contributed by atoms with Crippen molar-refractivity contribution in [2.24, 2.45) is 0 Å². The molecule has 142 valence electrons. The number of halogens is 2. The molecule has 1 aromatic heterocycles. The number of rotatable bonds is 6. The zero-order chi connectivity index (χ0) is 19.9. The SMILES string of the molecule is C[C@H](NC(=O)/C=C/c1cccc(F)c1F)c1cccc(Oc2cncnc2)c1. The fourth-order valence-corrected chi connectivity index (χ4v) is 2.48. The Labute approximate surface area is 160 Å². The van der Waals surface area contributed by atoms with E-state index in [2.05, 4.69) is 15.3 Å². The summed E-state index contributed by atoms with van der Waals surface area (Å²) >= 11 is 0. The van der Waals surface area contributed by atoms with Gasteiger partial charge in [-0.15, -0.1) is 0 Å². The van der Waals surface area contributed by atoms with Crippen LogP contribution in [0.3, 0.4) is 0 Å². The number of hydrogen-bond acceptors (Lipinski definition) is 4. The van der Waals surface area contributed by atoms with Crippen molar-refractivity contribution >= 4 is 12.0 Å². The Kier molecular flexibility index (Phi) is 6.06. The predicted octanol–water partition coefficient (Wildman–Crippen LogP) is 4.44. The highest BCUT2D eigenvalue weighted by atomic mass is 19.2. The molecular formula is C21H17F2N3O2. The molecule has 5 nitrogen and oxygen atoms in total. The molecule has 0 saturated heterocycles. The third-order valence-corrected chi connectivity index (χ3v) is 3.89. The molecule has 0 radical (unpaired) electrons. The summed E-state index contributed by atoms with van der Waals surface area (Å²) in [5, 5.41) is 2.77. The number of ether oxygens (including phenoxy) is 1. The molecule has 7 heteroatoms. The van der Waals surface area contributed by atoms with Crippen LogP contribution in [0.2, 0.25) is 0 Å². The van der Waals surface area contributed by atoms with Crippen molar-refractivity contribution in [1.82, 2.24) is 15.3 Å². The minimum atomic E-state index is -0.991. The summed E-state index contributed by atoms with van der Waals surface area (Å²) in [6, 6.07) is 10.7. The van der Waals surface area contributed by atoms with Crippen LogP contribution in [0.25, 0.3) is 6.08 Å². The maximum atomic E-state index is 13.6. The highest BCUT2D eigenvalue weighted by Gasteiger charge is 2.10. The number of carbonyl (C=O) groups is 1. The van der Waals surface area contributed by atoms with E-state index in [1.54, 1.807) is 37.5 Å². The largest absolute Gasteiger partial charge is 0.454 e. The second-order valence-electron chi connectivity index (χ2n) is 5.96. The third kappa shape index (κ3) is 4.97. The van der Waals surface area contributed by atoms with Gasteiger partial charge < -0.3 is 10.1 Å². The van der Waals surface area contributed by atoms with Gasteiger partial charge in [-0.2, -0.15) is 0 Å². The quantitative estimate of drug-likeness (QED) is 0.641. The first kappa shape index (κ1) is 19.2. The summed E-state index contributed by atoms with van der Waals surface area (Å²) in [4.78, 5) is 19.9. The van der Waals surface area contributed by atoms with Gasteiger partial charge in [0.2, 0.25) is 5.91 Å². The van der Waals surface area contributed by atoms with Crippen molar-refractivity contribution in [2.45, 2.75) is 13.0 Å². The predicted molar refractivity (Wildman–Crippen MR) is 100 cm³/mol. The average Bonchev–Trinajstić information content (AvgIpc) is 2.70. The molecule has 2 aromatic carbocycles. The maximum Gasteiger partial charge on any atom is 0.244 e. The van der Waals surface area contributed by atoms with Gasteiger partial charge in [0.1, 0.15) is 12.1 Å². The Balaban J connectivity index is 1.64. The van der Waals surface area contributed by atoms with Crippen molar-refractivity contribution in [3.05, 3.63) is 90.0 Å². The second kappa shape index (κ2) is 8.85. The summed E-state index contributed by atoms with van der Waals surface area (Å²) in [6.07, 6.45) is 6.89. The van der Waals surface area contributed by atoms with Crippen LogP contribution in [0.4, 0.5) is 8.78 Å². The zero-order valence-electron chi connectivity index (χ0n) is 15.0. The van der Waals surface area contributed by atoms with E-state index < -0.39 is 17.5 Å². The van der Waals surface area contributed by atoms with Gasteiger partial charge in [0.05, 0.1) is 18.4 Å². The minimum absolute atomic E-state index is 0.00304. The molecule has 0 saturated carbocycles. The summed E-state index contributed by atoms with van der Waals surface area (Å²) < 4.78 is 32.5. The van der Waals surface area contributed by atoms with Crippen LogP contribution < -0.4 is 10.1 Å². The first-order valence-corrected chi connectivity index (χ1v) is 8.48. The van der Waals surface area contributed by atoms with E-state index in [-0.39, 0.29) is 11.6 Å². The van der Waals surface area contributed by atoms with E-state index in [0.29, 0.717) is 11.5 Å². The Morgan fingerprint density at radius 3 is 2.64 bits per heavy atom. The molecule has 0 spiro atoms. The molecule has 0 aliphatic heterocycles. The van der Waals surface area contributed by atoms with Crippen molar-refractivity contribution in [1.29, 1.82) is 0 Å². The molecule has 28 heavy (non-hydrogen) atoms. The summed E-state index contributed by atoms with van der Waals surface area (Å²) in [7, 11) is 0. The fourth-order valence-electron chi connectivity index (χ4n) is 2.48. The molecule has 0 aliphatic carbocycles. The lowest BCUT2D eigenvalue weighted by molar-refractivity contribution is -0.117. The molecule has 1 N–H and O–H groups in total. The van der Waals surface area contributed by atoms with Crippen LogP contribution in [0.1, 0.15) is 24.1 Å². The molecule has 0 bridgehead atoms. The fraction of sp³-hybridized carbons (Fsp3) is 0.0952. The van der Waals surface area contributed by atoms with E-state index in [9.17, 15) is 13.6 Å². The van der Waals surface area contributed by atoms with Crippen LogP contribution in [0, 0.1) is 11.6 Å². The topological polar surface area (TPSA) is 64.1 Å². The lowest BCUT2D eigenvalue weighted by Crippen LogP contribution is -2.24. The number of nitrogens with zero attached hydrogens (tertiary/aromatic N) is 2. The van der Waals surface area contributed by atoms with Crippen molar-refractivity contribution in [3.63, 3.8) is 0 Å². The summed E-state index contributed by atoms with van der Waals surface area (Å²) in [5.74, 6) is -1.31. The molecule has 1 amide bonds. The normalized spacial score (nSPS) is 12.0. The van der Waals surface area contributed by atoms with Crippen LogP contribution in [-0.2, 0) is 4.79 Å². The van der Waals surface area contributed by atoms with Crippen LogP contribution in [0.15, 0.2) is 67.3 Å². The van der Waals surface area contributed by atoms with Crippen LogP contribution in [0.5, 0.6) is 11.5 Å². The van der Waals surface area contributed by atoms with Crippen LogP contribution >= 0.6 is 0 Å². The Bertz CT molecular complexity index is 994. The minimum Gasteiger partial charge on any atom is -0.454 e. The number of nitrogens with one attached hydrogen (secondary N) is 1. The van der Waals surface area contributed by atoms with E-state index in [1.807, 2.05) is 6.07 Å². The monoisotopic (exact) mass is 381 g/mol. The van der Waals surface area contributed by atoms with Gasteiger partial charge in [-0.05, 0) is 36.8 Å². The van der Waals surface area contributed by atoms with Gasteiger partial charge in [0, 0.05) is 11.6 Å². The molecule has 0 fully saturated rings. The van der Waals surface area contributed by atoms with E-state index in [4.69, 9.17) is 4.74 Å². The molecule has 1 heterocycles. The molecule has 0 unspecified atom stereocenters. The number of carbonyl (C=O) groups excluding carboxylic acids is 1. The molecule has 3 rings (SSSR count). The Morgan fingerprint density at radius 1 is 1.11 bits per heavy atom. The molecule has 3 aromatic rings. The summed E-state index contributed by atoms with van der Waals surface area (Å²) in [5.41, 5.74) is 0.816. The van der Waals surface area contributed by atoms with Crippen LogP contribution in [-0.4, -0.2) is 15.9 Å². The van der Waals surface area contributed by atoms with Crippen molar-refractivity contribution in [2.75, 3.05) is 0 Å². The molecule has 1 atom stereocenters. The van der Waals surface area contributed by atoms with E-state index in [0.717, 1.165) is 17.7 Å². The van der Waals surface area contributed by atoms with E-state index >= 15 is 0 Å². The lowest BCUT2D eigenvalue weighted by Gasteiger charge is -2.14. The lowest BCUT2D eigenvalue weighted by atomic mass is 10.1. The Morgan fingerprint density at radius 2 is 1.86 bits per heavy atom. The molecular weight excluding hydrogens is 364 g/mol. The maximum absolute atomic E-state index is 13.6. The van der Waals surface area contributed by atoms with Gasteiger partial charge in [0.25, 0.3) is 0 Å². The highest BCUT2D eigenvalue weighted by molar-refractivity contribution is 5.92. The average molecular weight is 381 g/mol. The smallest absolute Gasteiger partial charge is 0.244 e. The van der Waals surface area contributed by atoms with Gasteiger partial charge in [0.15, 0.2) is 17.4 Å². The van der Waals surface area contributed by atoms with Gasteiger partial charge >= 0.3 is 0 Å². The number of amides is 1. The van der Waals surface area contributed by atoms with Crippen molar-refractivity contribution < 1.29 is 18.3 Å². The first-order valence-electron chi connectivity index (χ1n) is 8.48. The number of aromatic nitrogens is 2. The zero-order valence-corrected chi connectivity index (χ0v) is 15.0. The molecule has 0 aliphatic rings. The number of benzene rings is 2. The van der Waals surface area contributed by atoms with Gasteiger partial charge in [-0.25, -0.2) is 18.7 Å². The standard InChI is InChI=1S/C21H17F2N3O2/c1-14(26-20(27)9-8-15-4-3-7-19(22)21(15)23)16-5-2-6-17(10-16)28-18-11-24-13-25-12-18/h2-14H,1H3,(H,26,27)/b9-8+/t14-/m0/s1.